The largest absolute Gasteiger partial charge is 0.416 e. The van der Waals surface area contributed by atoms with Crippen molar-refractivity contribution in [2.24, 2.45) is 17.6 Å². The molecule has 230 valence electrons. The minimum absolute atomic E-state index is 0.0328. The van der Waals surface area contributed by atoms with Gasteiger partial charge >= 0.3 is 12.4 Å². The van der Waals surface area contributed by atoms with Gasteiger partial charge in [0.25, 0.3) is 0 Å². The zero-order valence-corrected chi connectivity index (χ0v) is 23.4. The highest BCUT2D eigenvalue weighted by molar-refractivity contribution is 5.82. The number of hydrogen-bond donors (Lipinski definition) is 1. The van der Waals surface area contributed by atoms with Crippen LogP contribution in [0.4, 0.5) is 30.7 Å². The molecule has 4 rings (SSSR count). The Morgan fingerprint density at radius 3 is 2.07 bits per heavy atom. The van der Waals surface area contributed by atoms with Crippen molar-refractivity contribution >= 4 is 11.8 Å². The van der Waals surface area contributed by atoms with Crippen LogP contribution in [0.3, 0.4) is 0 Å². The summed E-state index contributed by atoms with van der Waals surface area (Å²) in [6.07, 6.45) is -6.97. The van der Waals surface area contributed by atoms with E-state index in [1.807, 2.05) is 0 Å². The van der Waals surface area contributed by atoms with Gasteiger partial charge in [-0.15, -0.1) is 0 Å². The predicted octanol–water partition coefficient (Wildman–Crippen LogP) is 6.28. The third kappa shape index (κ3) is 7.25. The average molecular weight is 602 g/mol. The number of halogens is 7. The molecule has 1 saturated heterocycles. The normalized spacial score (nSPS) is 23.5. The van der Waals surface area contributed by atoms with E-state index in [0.29, 0.717) is 36.1 Å². The molecular formula is C30H34F7N3O2. The Bertz CT molecular complexity index is 1270. The van der Waals surface area contributed by atoms with E-state index in [1.165, 1.54) is 19.2 Å². The van der Waals surface area contributed by atoms with Crippen LogP contribution in [0.15, 0.2) is 36.4 Å². The second kappa shape index (κ2) is 12.2. The summed E-state index contributed by atoms with van der Waals surface area (Å²) in [6, 6.07) is 5.47. The number of hydrogen-bond acceptors (Lipinski definition) is 3. The quantitative estimate of drug-likeness (QED) is 0.411. The van der Waals surface area contributed by atoms with Gasteiger partial charge in [-0.25, -0.2) is 4.39 Å². The molecule has 2 aromatic rings. The fourth-order valence-electron chi connectivity index (χ4n) is 6.19. The van der Waals surface area contributed by atoms with E-state index in [9.17, 15) is 40.3 Å². The molecule has 2 aliphatic rings. The molecule has 2 fully saturated rings. The number of benzene rings is 2. The number of nitrogens with two attached hydrogens (primary N) is 1. The Balaban J connectivity index is 1.59. The number of amides is 2. The average Bonchev–Trinajstić information content (AvgIpc) is 2.91. The lowest BCUT2D eigenvalue weighted by Crippen LogP contribution is -2.49. The lowest BCUT2D eigenvalue weighted by atomic mass is 9.77. The molecule has 2 atom stereocenters. The van der Waals surface area contributed by atoms with Crippen molar-refractivity contribution in [3.05, 3.63) is 70.0 Å². The summed E-state index contributed by atoms with van der Waals surface area (Å²) in [5.74, 6) is -2.44. The first-order chi connectivity index (χ1) is 19.5. The van der Waals surface area contributed by atoms with Crippen LogP contribution in [-0.2, 0) is 28.5 Å². The first-order valence-corrected chi connectivity index (χ1v) is 13.9. The van der Waals surface area contributed by atoms with Crippen molar-refractivity contribution in [1.82, 2.24) is 9.80 Å². The summed E-state index contributed by atoms with van der Waals surface area (Å²) in [5, 5.41) is 0. The SMILES string of the molecule is Cc1cc(F)ccc1C1CN(C(=O)C2CCC(N)CC2)CCC1C(=O)N(C)Cc1cc(C(F)(F)F)cc(C(F)(F)F)c1. The van der Waals surface area contributed by atoms with E-state index in [4.69, 9.17) is 5.73 Å². The lowest BCUT2D eigenvalue weighted by Gasteiger charge is -2.41. The fourth-order valence-corrected chi connectivity index (χ4v) is 6.19. The van der Waals surface area contributed by atoms with Crippen molar-refractivity contribution in [3.8, 4) is 0 Å². The molecule has 1 saturated carbocycles. The van der Waals surface area contributed by atoms with Crippen LogP contribution in [-0.4, -0.2) is 47.8 Å². The lowest BCUT2D eigenvalue weighted by molar-refractivity contribution is -0.144. The van der Waals surface area contributed by atoms with Crippen LogP contribution in [0.1, 0.15) is 65.8 Å². The number of nitrogens with zero attached hydrogens (tertiary/aromatic N) is 2. The van der Waals surface area contributed by atoms with Crippen LogP contribution in [0.2, 0.25) is 0 Å². The van der Waals surface area contributed by atoms with E-state index in [2.05, 4.69) is 0 Å². The highest BCUT2D eigenvalue weighted by Crippen LogP contribution is 2.39. The van der Waals surface area contributed by atoms with Crippen molar-refractivity contribution in [3.63, 3.8) is 0 Å². The molecule has 2 N–H and O–H groups in total. The topological polar surface area (TPSA) is 66.6 Å². The summed E-state index contributed by atoms with van der Waals surface area (Å²) in [5.41, 5.74) is 4.00. The third-order valence-electron chi connectivity index (χ3n) is 8.44. The molecule has 1 heterocycles. The number of carbonyl (C=O) groups is 2. The molecule has 0 bridgehead atoms. The molecule has 2 aromatic carbocycles. The zero-order valence-electron chi connectivity index (χ0n) is 23.4. The van der Waals surface area contributed by atoms with Gasteiger partial charge in [-0.3, -0.25) is 9.59 Å². The maximum Gasteiger partial charge on any atom is 0.416 e. The molecule has 0 radical (unpaired) electrons. The number of aryl methyl sites for hydroxylation is 1. The van der Waals surface area contributed by atoms with Gasteiger partial charge in [-0.2, -0.15) is 26.3 Å². The Morgan fingerprint density at radius 1 is 0.929 bits per heavy atom. The Morgan fingerprint density at radius 2 is 1.52 bits per heavy atom. The highest BCUT2D eigenvalue weighted by atomic mass is 19.4. The molecule has 2 amide bonds. The van der Waals surface area contributed by atoms with E-state index in [-0.39, 0.29) is 49.0 Å². The van der Waals surface area contributed by atoms with Gasteiger partial charge in [0, 0.05) is 50.5 Å². The molecular weight excluding hydrogens is 567 g/mol. The summed E-state index contributed by atoms with van der Waals surface area (Å²) in [6.45, 7) is 1.65. The number of alkyl halides is 6. The highest BCUT2D eigenvalue weighted by Gasteiger charge is 2.41. The monoisotopic (exact) mass is 601 g/mol. The van der Waals surface area contributed by atoms with E-state index >= 15 is 0 Å². The first kappa shape index (κ1) is 31.8. The van der Waals surface area contributed by atoms with Gasteiger partial charge in [0.15, 0.2) is 0 Å². The van der Waals surface area contributed by atoms with Crippen LogP contribution in [0, 0.1) is 24.6 Å². The number of piperidine rings is 1. The van der Waals surface area contributed by atoms with Gasteiger partial charge in [-0.1, -0.05) is 6.07 Å². The second-order valence-corrected chi connectivity index (χ2v) is 11.5. The summed E-state index contributed by atoms with van der Waals surface area (Å²) in [4.78, 5) is 30.0. The van der Waals surface area contributed by atoms with Gasteiger partial charge in [0.1, 0.15) is 5.82 Å². The first-order valence-electron chi connectivity index (χ1n) is 13.9. The third-order valence-corrected chi connectivity index (χ3v) is 8.44. The summed E-state index contributed by atoms with van der Waals surface area (Å²) >= 11 is 0. The van der Waals surface area contributed by atoms with Gasteiger partial charge in [-0.05, 0) is 86.1 Å². The molecule has 1 aliphatic carbocycles. The predicted molar refractivity (Wildman–Crippen MR) is 141 cm³/mol. The molecule has 12 heteroatoms. The van der Waals surface area contributed by atoms with E-state index < -0.39 is 53.6 Å². The molecule has 1 aliphatic heterocycles. The van der Waals surface area contributed by atoms with Gasteiger partial charge in [0.05, 0.1) is 11.1 Å². The number of carbonyl (C=O) groups excluding carboxylic acids is 2. The van der Waals surface area contributed by atoms with Crippen molar-refractivity contribution < 1.29 is 40.3 Å². The second-order valence-electron chi connectivity index (χ2n) is 11.5. The van der Waals surface area contributed by atoms with E-state index in [1.54, 1.807) is 17.9 Å². The maximum absolute atomic E-state index is 13.9. The Labute approximate surface area is 239 Å². The van der Waals surface area contributed by atoms with Gasteiger partial charge in [0.2, 0.25) is 11.8 Å². The number of likely N-dealkylation sites (tertiary alicyclic amines) is 1. The molecule has 5 nitrogen and oxygen atoms in total. The maximum atomic E-state index is 13.9. The molecule has 42 heavy (non-hydrogen) atoms. The standard InChI is InChI=1S/C30H34F7N3O2/c1-17-11-22(31)5-8-24(17)26-16-40(27(41)19-3-6-23(38)7-4-19)10-9-25(26)28(42)39(2)15-18-12-20(29(32,33)34)14-21(13-18)30(35,36)37/h5,8,11-14,19,23,25-26H,3-4,6-7,9-10,15-16,38H2,1-2H3. The minimum atomic E-state index is -5.01. The molecule has 0 spiro atoms. The van der Waals surface area contributed by atoms with Crippen LogP contribution < -0.4 is 5.73 Å². The Hall–Kier alpha value is -3.15. The Kier molecular flexibility index (Phi) is 9.25. The van der Waals surface area contributed by atoms with Crippen LogP contribution in [0.25, 0.3) is 0 Å². The molecule has 0 aromatic heterocycles. The smallest absolute Gasteiger partial charge is 0.342 e. The van der Waals surface area contributed by atoms with Crippen LogP contribution >= 0.6 is 0 Å². The number of rotatable bonds is 5. The van der Waals surface area contributed by atoms with Crippen molar-refractivity contribution in [2.45, 2.75) is 69.9 Å². The minimum Gasteiger partial charge on any atom is -0.342 e. The summed E-state index contributed by atoms with van der Waals surface area (Å²) in [7, 11) is 1.33. The zero-order chi connectivity index (χ0) is 31.0. The van der Waals surface area contributed by atoms with E-state index in [0.717, 1.165) is 17.7 Å². The van der Waals surface area contributed by atoms with Crippen molar-refractivity contribution in [2.75, 3.05) is 20.1 Å². The molecule has 2 unspecified atom stereocenters. The van der Waals surface area contributed by atoms with Gasteiger partial charge < -0.3 is 15.5 Å². The van der Waals surface area contributed by atoms with Crippen LogP contribution in [0.5, 0.6) is 0 Å². The summed E-state index contributed by atoms with van der Waals surface area (Å²) < 4.78 is 94.2. The van der Waals surface area contributed by atoms with Crippen molar-refractivity contribution in [1.29, 1.82) is 0 Å². The fraction of sp³-hybridized carbons (Fsp3) is 0.533.